The van der Waals surface area contributed by atoms with E-state index in [0.29, 0.717) is 17.4 Å². The molecule has 0 saturated carbocycles. The van der Waals surface area contributed by atoms with Gasteiger partial charge in [-0.3, -0.25) is 14.2 Å². The van der Waals surface area contributed by atoms with Gasteiger partial charge in [0, 0.05) is 12.8 Å². The van der Waals surface area contributed by atoms with E-state index in [-0.39, 0.29) is 31.3 Å². The number of rotatable bonds is 54. The zero-order valence-electron chi connectivity index (χ0n) is 48.8. The zero-order valence-corrected chi connectivity index (χ0v) is 49.7. The number of allylic oxidation sites excluding steroid dienone is 13. The molecule has 0 fully saturated rings. The molecule has 428 valence electrons. The topological polar surface area (TPSA) is 114 Å². The van der Waals surface area contributed by atoms with Crippen LogP contribution in [0.1, 0.15) is 258 Å². The average Bonchev–Trinajstić information content (AvgIpc) is 3.36. The minimum atomic E-state index is -4.72. The van der Waals surface area contributed by atoms with Crippen LogP contribution in [-0.2, 0) is 27.9 Å². The second-order valence-corrected chi connectivity index (χ2v) is 22.9. The lowest BCUT2D eigenvalue weighted by Crippen LogP contribution is -2.47. The van der Waals surface area contributed by atoms with E-state index in [1.54, 1.807) is 0 Å². The summed E-state index contributed by atoms with van der Waals surface area (Å²) in [6.07, 6.45) is 70.0. The molecule has 0 saturated heterocycles. The van der Waals surface area contributed by atoms with Crippen LogP contribution in [0.2, 0.25) is 0 Å². The van der Waals surface area contributed by atoms with Crippen molar-refractivity contribution < 1.29 is 37.3 Å². The maximum absolute atomic E-state index is 13.5. The van der Waals surface area contributed by atoms with Crippen molar-refractivity contribution in [3.05, 3.63) is 85.1 Å². The third kappa shape index (κ3) is 54.0. The van der Waals surface area contributed by atoms with Gasteiger partial charge in [-0.25, -0.2) is 0 Å². The number of hydrogen-bond acceptors (Lipinski definition) is 7. The van der Waals surface area contributed by atoms with E-state index in [4.69, 9.17) is 13.8 Å². The quantitative estimate of drug-likeness (QED) is 0.0212. The minimum absolute atomic E-state index is 0.0384. The number of hydrogen-bond donors (Lipinski definition) is 1. The number of likely N-dealkylation sites (N-methyl/N-ethyl adjacent to an activating group) is 1. The molecule has 0 rings (SSSR count). The number of carbonyl (C=O) groups is 2. The van der Waals surface area contributed by atoms with Crippen LogP contribution in [0, 0.1) is 0 Å². The van der Waals surface area contributed by atoms with Crippen LogP contribution in [-0.4, -0.2) is 69.4 Å². The van der Waals surface area contributed by atoms with Crippen molar-refractivity contribution in [2.75, 3.05) is 40.9 Å². The van der Waals surface area contributed by atoms with Gasteiger partial charge in [0.25, 0.3) is 7.82 Å². The second kappa shape index (κ2) is 53.6. The van der Waals surface area contributed by atoms with Gasteiger partial charge < -0.3 is 28.5 Å². The number of nitrogens with zero attached hydrogens (tertiary/aromatic N) is 1. The molecule has 1 N–H and O–H groups in total. The Bertz CT molecular complexity index is 1540. The summed E-state index contributed by atoms with van der Waals surface area (Å²) in [6.45, 7) is 6.66. The Kier molecular flexibility index (Phi) is 51.5. The summed E-state index contributed by atoms with van der Waals surface area (Å²) < 4.78 is 30.2. The summed E-state index contributed by atoms with van der Waals surface area (Å²) in [7, 11) is 1.13. The number of unbranched alkanes of at least 4 members (excludes halogenated alkanes) is 26. The Morgan fingerprint density at radius 2 is 0.878 bits per heavy atom. The molecule has 0 aliphatic carbocycles. The lowest BCUT2D eigenvalue weighted by atomic mass is 10.0. The molecule has 0 heterocycles. The Morgan fingerprint density at radius 1 is 0.486 bits per heavy atom. The fourth-order valence-electron chi connectivity index (χ4n) is 8.39. The van der Waals surface area contributed by atoms with Gasteiger partial charge >= 0.3 is 5.97 Å². The molecule has 9 nitrogen and oxygen atoms in total. The fourth-order valence-corrected chi connectivity index (χ4v) is 9.11. The van der Waals surface area contributed by atoms with Crippen molar-refractivity contribution in [1.82, 2.24) is 5.32 Å². The highest BCUT2D eigenvalue weighted by molar-refractivity contribution is 7.45. The van der Waals surface area contributed by atoms with Crippen molar-refractivity contribution in [3.8, 4) is 0 Å². The molecule has 0 aliphatic heterocycles. The van der Waals surface area contributed by atoms with Crippen molar-refractivity contribution in [2.45, 2.75) is 270 Å². The largest absolute Gasteiger partial charge is 0.756 e. The number of quaternary nitrogens is 1. The highest BCUT2D eigenvalue weighted by atomic mass is 31.2. The molecule has 0 bridgehead atoms. The van der Waals surface area contributed by atoms with Gasteiger partial charge in [0.05, 0.1) is 33.8 Å². The van der Waals surface area contributed by atoms with E-state index in [1.807, 2.05) is 45.4 Å². The Labute approximate surface area is 456 Å². The summed E-state index contributed by atoms with van der Waals surface area (Å²) in [5.74, 6) is -0.639. The van der Waals surface area contributed by atoms with Gasteiger partial charge in [0.15, 0.2) is 0 Å². The average molecular weight is 1060 g/mol. The van der Waals surface area contributed by atoms with Gasteiger partial charge in [-0.15, -0.1) is 0 Å². The summed E-state index contributed by atoms with van der Waals surface area (Å²) in [5, 5.41) is 2.97. The summed E-state index contributed by atoms with van der Waals surface area (Å²) in [5.41, 5.74) is 0. The first-order valence-corrected chi connectivity index (χ1v) is 31.9. The van der Waals surface area contributed by atoms with E-state index >= 15 is 0 Å². The third-order valence-electron chi connectivity index (χ3n) is 13.1. The van der Waals surface area contributed by atoms with Gasteiger partial charge in [-0.1, -0.05) is 241 Å². The summed E-state index contributed by atoms with van der Waals surface area (Å²) in [4.78, 5) is 39.9. The van der Waals surface area contributed by atoms with Crippen LogP contribution >= 0.6 is 7.82 Å². The van der Waals surface area contributed by atoms with Crippen LogP contribution in [0.3, 0.4) is 0 Å². The maximum atomic E-state index is 13.5. The number of phosphoric ester groups is 1. The van der Waals surface area contributed by atoms with Gasteiger partial charge in [0.1, 0.15) is 19.3 Å². The standard InChI is InChI=1S/C64H115N2O7P/c1-7-10-13-16-19-22-25-27-29-31-32-33-34-35-37-39-42-45-48-51-54-57-64(68)73-62(55-52-49-46-43-40-24-21-18-15-12-9-3)61(60-72-74(69,70)71-59-58-66(4,5)6)65-63(67)56-53-50-47-44-41-38-36-30-28-26-23-20-17-14-11-8-2/h11,14,20,23,27-30,38,41,47,50,52,55,61-62H,7-10,12-13,15-19,21-22,24-26,31-37,39-40,42-46,48-49,51,53-54,56-60H2,1-6H3,(H-,65,67,69,70)/b14-11+,23-20+,29-27+,30-28+,41-38+,50-47+,55-52+. The van der Waals surface area contributed by atoms with Crippen LogP contribution < -0.4 is 10.2 Å². The normalized spacial score (nSPS) is 14.3. The van der Waals surface area contributed by atoms with E-state index in [2.05, 4.69) is 86.8 Å². The molecular formula is C64H115N2O7P. The Hall–Kier alpha value is -2.81. The van der Waals surface area contributed by atoms with Gasteiger partial charge in [-0.2, -0.15) is 0 Å². The molecule has 0 aromatic rings. The van der Waals surface area contributed by atoms with Crippen LogP contribution in [0.15, 0.2) is 85.1 Å². The minimum Gasteiger partial charge on any atom is -0.756 e. The molecule has 10 heteroatoms. The van der Waals surface area contributed by atoms with Crippen LogP contribution in [0.25, 0.3) is 0 Å². The van der Waals surface area contributed by atoms with Crippen molar-refractivity contribution in [2.24, 2.45) is 0 Å². The zero-order chi connectivity index (χ0) is 54.3. The number of esters is 1. The molecule has 3 unspecified atom stereocenters. The van der Waals surface area contributed by atoms with Crippen LogP contribution in [0.5, 0.6) is 0 Å². The molecule has 3 atom stereocenters. The molecular weight excluding hydrogens is 940 g/mol. The van der Waals surface area contributed by atoms with Crippen molar-refractivity contribution in [1.29, 1.82) is 0 Å². The first kappa shape index (κ1) is 71.2. The van der Waals surface area contributed by atoms with E-state index in [9.17, 15) is 19.0 Å². The predicted octanol–water partition coefficient (Wildman–Crippen LogP) is 18.0. The smallest absolute Gasteiger partial charge is 0.306 e. The Balaban J connectivity index is 5.29. The molecule has 1 amide bonds. The highest BCUT2D eigenvalue weighted by Crippen LogP contribution is 2.38. The van der Waals surface area contributed by atoms with E-state index < -0.39 is 26.6 Å². The van der Waals surface area contributed by atoms with E-state index in [1.165, 1.54) is 148 Å². The molecule has 0 aromatic carbocycles. The summed E-state index contributed by atoms with van der Waals surface area (Å²) >= 11 is 0. The summed E-state index contributed by atoms with van der Waals surface area (Å²) in [6, 6.07) is -0.931. The molecule has 0 spiro atoms. The van der Waals surface area contributed by atoms with Crippen LogP contribution in [0.4, 0.5) is 0 Å². The van der Waals surface area contributed by atoms with Gasteiger partial charge in [-0.05, 0) is 89.5 Å². The second-order valence-electron chi connectivity index (χ2n) is 21.5. The van der Waals surface area contributed by atoms with Crippen molar-refractivity contribution >= 4 is 19.7 Å². The predicted molar refractivity (Wildman–Crippen MR) is 316 cm³/mol. The Morgan fingerprint density at radius 3 is 1.32 bits per heavy atom. The first-order valence-electron chi connectivity index (χ1n) is 30.4. The number of carbonyl (C=O) groups excluding carboxylic acids is 2. The van der Waals surface area contributed by atoms with Crippen molar-refractivity contribution in [3.63, 3.8) is 0 Å². The number of ether oxygens (including phenoxy) is 1. The fraction of sp³-hybridized carbons (Fsp3) is 0.750. The lowest BCUT2D eigenvalue weighted by Gasteiger charge is -2.30. The highest BCUT2D eigenvalue weighted by Gasteiger charge is 2.27. The SMILES string of the molecule is CC/C=C/C/C=C/C/C=C/C/C=C/C/C=C/CCC(=O)NC(COP(=O)([O-])OCC[N+](C)(C)C)C(/C=C/CCCCCCCCCCC)OC(=O)CCCCCCCCCCCCC/C=C/CCCCCCCC. The van der Waals surface area contributed by atoms with Gasteiger partial charge in [0.2, 0.25) is 5.91 Å². The molecule has 74 heavy (non-hydrogen) atoms. The first-order chi connectivity index (χ1) is 35.9. The lowest BCUT2D eigenvalue weighted by molar-refractivity contribution is -0.870. The third-order valence-corrected chi connectivity index (χ3v) is 14.0. The van der Waals surface area contributed by atoms with E-state index in [0.717, 1.165) is 70.6 Å². The number of phosphoric acid groups is 1. The monoisotopic (exact) mass is 1050 g/mol. The molecule has 0 aliphatic rings. The number of amides is 1. The molecule has 0 radical (unpaired) electrons. The maximum Gasteiger partial charge on any atom is 0.306 e. The molecule has 0 aromatic heterocycles. The number of nitrogens with one attached hydrogen (secondary N) is 1.